The van der Waals surface area contributed by atoms with Crippen molar-refractivity contribution in [2.75, 3.05) is 5.73 Å². The Balaban J connectivity index is 2.05. The van der Waals surface area contributed by atoms with Gasteiger partial charge in [0, 0.05) is 10.9 Å². The third-order valence-corrected chi connectivity index (χ3v) is 4.12. The van der Waals surface area contributed by atoms with Crippen LogP contribution in [-0.2, 0) is 0 Å². The van der Waals surface area contributed by atoms with Gasteiger partial charge in [0.2, 0.25) is 0 Å². The molecule has 0 spiro atoms. The highest BCUT2D eigenvalue weighted by atomic mass is 16.1. The first kappa shape index (κ1) is 14.1. The van der Waals surface area contributed by atoms with Gasteiger partial charge in [-0.1, -0.05) is 18.2 Å². The monoisotopic (exact) mass is 318 g/mol. The number of nitrogen functional groups attached to an aromatic ring is 1. The number of aromatic nitrogens is 4. The van der Waals surface area contributed by atoms with Crippen molar-refractivity contribution < 1.29 is 4.79 Å². The first-order valence-electron chi connectivity index (χ1n) is 7.35. The zero-order valence-corrected chi connectivity index (χ0v) is 12.9. The number of anilines is 1. The normalized spacial score (nSPS) is 11.2. The average Bonchev–Trinajstić information content (AvgIpc) is 3.02. The first-order chi connectivity index (χ1) is 11.6. The summed E-state index contributed by atoms with van der Waals surface area (Å²) in [6, 6.07) is 9.69. The lowest BCUT2D eigenvalue weighted by molar-refractivity contribution is 0.0996. The van der Waals surface area contributed by atoms with Crippen LogP contribution in [0, 0.1) is 6.92 Å². The Morgan fingerprint density at radius 1 is 1.17 bits per heavy atom. The highest BCUT2D eigenvalue weighted by Gasteiger charge is 2.17. The van der Waals surface area contributed by atoms with Crippen LogP contribution in [-0.4, -0.2) is 26.1 Å². The number of benzene rings is 2. The van der Waals surface area contributed by atoms with Gasteiger partial charge in [-0.15, -0.1) is 10.2 Å². The van der Waals surface area contributed by atoms with Gasteiger partial charge in [0.15, 0.2) is 5.69 Å². The summed E-state index contributed by atoms with van der Waals surface area (Å²) in [6.07, 6.45) is 1.65. The van der Waals surface area contributed by atoms with Crippen molar-refractivity contribution in [1.82, 2.24) is 20.2 Å². The Kier molecular flexibility index (Phi) is 2.96. The minimum atomic E-state index is -0.692. The van der Waals surface area contributed by atoms with E-state index in [1.54, 1.807) is 6.33 Å². The average molecular weight is 318 g/mol. The fourth-order valence-electron chi connectivity index (χ4n) is 2.93. The molecule has 0 aliphatic heterocycles. The number of H-pyrrole nitrogens is 1. The molecule has 0 bridgehead atoms. The van der Waals surface area contributed by atoms with Crippen molar-refractivity contribution in [3.63, 3.8) is 0 Å². The number of imidazole rings is 1. The van der Waals surface area contributed by atoms with Crippen LogP contribution < -0.4 is 11.5 Å². The molecular formula is C17H14N6O. The van der Waals surface area contributed by atoms with Crippen LogP contribution in [0.4, 0.5) is 5.69 Å². The summed E-state index contributed by atoms with van der Waals surface area (Å²) in [6.45, 7) is 1.99. The number of nitrogens with zero attached hydrogens (tertiary/aromatic N) is 3. The Labute approximate surface area is 136 Å². The molecule has 2 aromatic carbocycles. The Morgan fingerprint density at radius 2 is 2.00 bits per heavy atom. The van der Waals surface area contributed by atoms with Crippen molar-refractivity contribution >= 4 is 33.5 Å². The number of hydrogen-bond acceptors (Lipinski definition) is 5. The van der Waals surface area contributed by atoms with Crippen molar-refractivity contribution in [2.45, 2.75) is 6.92 Å². The van der Waals surface area contributed by atoms with E-state index in [-0.39, 0.29) is 11.4 Å². The molecule has 0 saturated carbocycles. The Morgan fingerprint density at radius 3 is 2.79 bits per heavy atom. The van der Waals surface area contributed by atoms with E-state index in [0.717, 1.165) is 27.7 Å². The fraction of sp³-hybridized carbons (Fsp3) is 0.0588. The van der Waals surface area contributed by atoms with Gasteiger partial charge < -0.3 is 16.5 Å². The minimum Gasteiger partial charge on any atom is -0.396 e. The second kappa shape index (κ2) is 5.02. The number of nitrogens with two attached hydrogens (primary N) is 2. The van der Waals surface area contributed by atoms with Gasteiger partial charge in [-0.05, 0) is 30.2 Å². The summed E-state index contributed by atoms with van der Waals surface area (Å²) < 4.78 is 0. The number of aromatic amines is 1. The summed E-state index contributed by atoms with van der Waals surface area (Å²) in [5.41, 5.74) is 17.0. The van der Waals surface area contributed by atoms with Crippen LogP contribution >= 0.6 is 0 Å². The number of carbonyl (C=O) groups is 1. The van der Waals surface area contributed by atoms with E-state index in [9.17, 15) is 4.79 Å². The van der Waals surface area contributed by atoms with Crippen LogP contribution in [0.1, 0.15) is 16.1 Å². The largest absolute Gasteiger partial charge is 0.396 e. The van der Waals surface area contributed by atoms with Crippen molar-refractivity contribution in [3.05, 3.63) is 47.9 Å². The quantitative estimate of drug-likeness (QED) is 0.522. The fourth-order valence-corrected chi connectivity index (χ4v) is 2.93. The van der Waals surface area contributed by atoms with Gasteiger partial charge in [-0.25, -0.2) is 4.98 Å². The topological polar surface area (TPSA) is 124 Å². The van der Waals surface area contributed by atoms with Crippen LogP contribution in [0.25, 0.3) is 33.1 Å². The SMILES string of the molecule is Cc1ccc2c(N)c(C(N)=O)nnc2c1-c1ccc2nc[nH]c2c1. The van der Waals surface area contributed by atoms with Crippen LogP contribution in [0.2, 0.25) is 0 Å². The molecule has 4 aromatic rings. The summed E-state index contributed by atoms with van der Waals surface area (Å²) in [7, 11) is 0. The van der Waals surface area contributed by atoms with Crippen molar-refractivity contribution in [1.29, 1.82) is 0 Å². The number of rotatable bonds is 2. The van der Waals surface area contributed by atoms with E-state index in [4.69, 9.17) is 11.5 Å². The lowest BCUT2D eigenvalue weighted by atomic mass is 9.96. The van der Waals surface area contributed by atoms with E-state index in [1.807, 2.05) is 37.3 Å². The van der Waals surface area contributed by atoms with E-state index in [0.29, 0.717) is 10.9 Å². The third kappa shape index (κ3) is 1.98. The van der Waals surface area contributed by atoms with E-state index >= 15 is 0 Å². The second-order valence-electron chi connectivity index (χ2n) is 5.61. The molecular weight excluding hydrogens is 304 g/mol. The molecule has 0 unspecified atom stereocenters. The summed E-state index contributed by atoms with van der Waals surface area (Å²) in [5, 5.41) is 8.78. The molecule has 5 N–H and O–H groups in total. The maximum atomic E-state index is 11.4. The third-order valence-electron chi connectivity index (χ3n) is 4.12. The molecule has 4 rings (SSSR count). The first-order valence-corrected chi connectivity index (χ1v) is 7.35. The lowest BCUT2D eigenvalue weighted by Crippen LogP contribution is -2.16. The number of primary amides is 1. The summed E-state index contributed by atoms with van der Waals surface area (Å²) >= 11 is 0. The molecule has 1 amide bonds. The highest BCUT2D eigenvalue weighted by Crippen LogP contribution is 2.34. The van der Waals surface area contributed by atoms with Crippen LogP contribution in [0.3, 0.4) is 0 Å². The number of hydrogen-bond donors (Lipinski definition) is 3. The predicted octanol–water partition coefficient (Wildman–Crippen LogP) is 2.16. The number of amides is 1. The van der Waals surface area contributed by atoms with Crippen LogP contribution in [0.5, 0.6) is 0 Å². The minimum absolute atomic E-state index is 0.0127. The number of nitrogens with one attached hydrogen (secondary N) is 1. The van der Waals surface area contributed by atoms with Gasteiger partial charge in [0.25, 0.3) is 5.91 Å². The van der Waals surface area contributed by atoms with Gasteiger partial charge >= 0.3 is 0 Å². The van der Waals surface area contributed by atoms with E-state index in [1.165, 1.54) is 0 Å². The smallest absolute Gasteiger partial charge is 0.271 e. The molecule has 0 aliphatic rings. The lowest BCUT2D eigenvalue weighted by Gasteiger charge is -2.12. The van der Waals surface area contributed by atoms with Crippen molar-refractivity contribution in [3.8, 4) is 11.1 Å². The number of carbonyl (C=O) groups excluding carboxylic acids is 1. The highest BCUT2D eigenvalue weighted by molar-refractivity contribution is 6.08. The Hall–Kier alpha value is -3.48. The van der Waals surface area contributed by atoms with Gasteiger partial charge in [-0.3, -0.25) is 4.79 Å². The number of aryl methyl sites for hydroxylation is 1. The molecule has 0 fully saturated rings. The molecule has 0 saturated heterocycles. The number of fused-ring (bicyclic) bond motifs is 2. The summed E-state index contributed by atoms with van der Waals surface area (Å²) in [4.78, 5) is 18.8. The van der Waals surface area contributed by atoms with Crippen molar-refractivity contribution in [2.24, 2.45) is 5.73 Å². The standard InChI is InChI=1S/C17H14N6O/c1-8-2-4-10-14(18)16(17(19)24)23-22-15(10)13(8)9-3-5-11-12(6-9)21-7-20-11/h2-7H,1H3,(H2,18,22)(H2,19,24)(H,20,21). The molecule has 118 valence electrons. The van der Waals surface area contributed by atoms with Gasteiger partial charge in [0.1, 0.15) is 5.52 Å². The molecule has 24 heavy (non-hydrogen) atoms. The Bertz CT molecular complexity index is 1110. The van der Waals surface area contributed by atoms with Crippen LogP contribution in [0.15, 0.2) is 36.7 Å². The molecule has 2 aromatic heterocycles. The molecule has 0 atom stereocenters. The maximum absolute atomic E-state index is 11.4. The van der Waals surface area contributed by atoms with Gasteiger partial charge in [0.05, 0.1) is 23.0 Å². The molecule has 2 heterocycles. The zero-order valence-electron chi connectivity index (χ0n) is 12.9. The van der Waals surface area contributed by atoms with E-state index in [2.05, 4.69) is 20.2 Å². The predicted molar refractivity (Wildman–Crippen MR) is 92.3 cm³/mol. The molecule has 0 aliphatic carbocycles. The molecule has 7 nitrogen and oxygen atoms in total. The summed E-state index contributed by atoms with van der Waals surface area (Å²) in [5.74, 6) is -0.692. The zero-order chi connectivity index (χ0) is 16.8. The maximum Gasteiger partial charge on any atom is 0.271 e. The van der Waals surface area contributed by atoms with Gasteiger partial charge in [-0.2, -0.15) is 0 Å². The molecule has 7 heteroatoms. The second-order valence-corrected chi connectivity index (χ2v) is 5.61. The van der Waals surface area contributed by atoms with E-state index < -0.39 is 5.91 Å². The molecule has 0 radical (unpaired) electrons.